The fourth-order valence-corrected chi connectivity index (χ4v) is 2.00. The summed E-state index contributed by atoms with van der Waals surface area (Å²) < 4.78 is 0. The molecular weight excluding hydrogens is 262 g/mol. The van der Waals surface area contributed by atoms with E-state index in [1.807, 2.05) is 6.92 Å². The van der Waals surface area contributed by atoms with E-state index in [2.05, 4.69) is 10.6 Å². The molecule has 2 N–H and O–H groups in total. The predicted octanol–water partition coefficient (Wildman–Crippen LogP) is 0.253. The van der Waals surface area contributed by atoms with Crippen LogP contribution >= 0.6 is 0 Å². The van der Waals surface area contributed by atoms with Gasteiger partial charge in [-0.05, 0) is 12.3 Å². The zero-order chi connectivity index (χ0) is 15.3. The van der Waals surface area contributed by atoms with Gasteiger partial charge in [0.1, 0.15) is 5.92 Å². The zero-order valence-electron chi connectivity index (χ0n) is 12.1. The van der Waals surface area contributed by atoms with E-state index in [1.165, 1.54) is 0 Å². The van der Waals surface area contributed by atoms with Crippen molar-refractivity contribution in [2.75, 3.05) is 13.1 Å². The van der Waals surface area contributed by atoms with Gasteiger partial charge in [0, 0.05) is 19.5 Å². The average Bonchev–Trinajstić information content (AvgIpc) is 2.34. The molecule has 5 amide bonds. The van der Waals surface area contributed by atoms with Crippen LogP contribution in [0, 0.1) is 11.8 Å². The molecule has 1 atom stereocenters. The van der Waals surface area contributed by atoms with Gasteiger partial charge in [-0.15, -0.1) is 0 Å². The Balaban J connectivity index is 2.64. The highest BCUT2D eigenvalue weighted by Crippen LogP contribution is 2.18. The highest BCUT2D eigenvalue weighted by molar-refractivity contribution is 6.16. The van der Waals surface area contributed by atoms with E-state index in [-0.39, 0.29) is 24.8 Å². The number of imide groups is 2. The van der Waals surface area contributed by atoms with E-state index in [0.29, 0.717) is 6.54 Å². The summed E-state index contributed by atoms with van der Waals surface area (Å²) in [4.78, 5) is 47.8. The predicted molar refractivity (Wildman–Crippen MR) is 71.5 cm³/mol. The number of nitrogens with one attached hydrogen (secondary N) is 2. The first-order valence-electron chi connectivity index (χ1n) is 6.81. The molecule has 1 aliphatic heterocycles. The number of hydrogen-bond acceptors (Lipinski definition) is 4. The van der Waals surface area contributed by atoms with E-state index < -0.39 is 23.8 Å². The summed E-state index contributed by atoms with van der Waals surface area (Å²) in [6.45, 7) is 5.96. The largest absolute Gasteiger partial charge is 0.356 e. The number of urea groups is 1. The van der Waals surface area contributed by atoms with Crippen LogP contribution < -0.4 is 10.6 Å². The summed E-state index contributed by atoms with van der Waals surface area (Å²) in [6.07, 6.45) is 0.858. The van der Waals surface area contributed by atoms with E-state index in [1.54, 1.807) is 13.8 Å². The fraction of sp³-hybridized carbons (Fsp3) is 0.692. The van der Waals surface area contributed by atoms with Crippen LogP contribution in [0.2, 0.25) is 0 Å². The summed E-state index contributed by atoms with van der Waals surface area (Å²) in [5.41, 5.74) is 0. The van der Waals surface area contributed by atoms with Gasteiger partial charge in [0.05, 0.1) is 0 Å². The van der Waals surface area contributed by atoms with Crippen molar-refractivity contribution in [3.63, 3.8) is 0 Å². The Kier molecular flexibility index (Phi) is 5.66. The summed E-state index contributed by atoms with van der Waals surface area (Å²) in [7, 11) is 0. The maximum absolute atomic E-state index is 12.1. The quantitative estimate of drug-likeness (QED) is 0.683. The Morgan fingerprint density at radius 1 is 1.35 bits per heavy atom. The summed E-state index contributed by atoms with van der Waals surface area (Å²) in [6, 6.07) is -0.750. The molecule has 1 heterocycles. The third kappa shape index (κ3) is 3.79. The fourth-order valence-electron chi connectivity index (χ4n) is 2.00. The molecule has 1 unspecified atom stereocenters. The number of barbiturate groups is 1. The summed E-state index contributed by atoms with van der Waals surface area (Å²) >= 11 is 0. The van der Waals surface area contributed by atoms with E-state index >= 15 is 0 Å². The molecule has 7 heteroatoms. The minimum atomic E-state index is -0.869. The SMILES string of the molecule is CCCNC(=O)CCN1C(=O)NC(=O)C(C(C)C)C1=O. The Bertz CT molecular complexity index is 420. The van der Waals surface area contributed by atoms with E-state index in [4.69, 9.17) is 0 Å². The topological polar surface area (TPSA) is 95.6 Å². The molecule has 0 spiro atoms. The maximum atomic E-state index is 12.1. The van der Waals surface area contributed by atoms with Crippen molar-refractivity contribution < 1.29 is 19.2 Å². The Labute approximate surface area is 118 Å². The molecule has 112 valence electrons. The Morgan fingerprint density at radius 3 is 2.55 bits per heavy atom. The molecule has 1 fully saturated rings. The second kappa shape index (κ2) is 7.02. The first-order chi connectivity index (χ1) is 9.38. The number of carbonyl (C=O) groups is 4. The maximum Gasteiger partial charge on any atom is 0.330 e. The van der Waals surface area contributed by atoms with Gasteiger partial charge in [0.2, 0.25) is 17.7 Å². The molecule has 0 aromatic rings. The molecule has 1 rings (SSSR count). The molecule has 7 nitrogen and oxygen atoms in total. The minimum Gasteiger partial charge on any atom is -0.356 e. The number of amides is 5. The van der Waals surface area contributed by atoms with Crippen LogP contribution in [0.5, 0.6) is 0 Å². The van der Waals surface area contributed by atoms with Crippen LogP contribution in [0.25, 0.3) is 0 Å². The first-order valence-corrected chi connectivity index (χ1v) is 6.81. The Hall–Kier alpha value is -1.92. The van der Waals surface area contributed by atoms with Crippen LogP contribution in [-0.2, 0) is 14.4 Å². The molecule has 0 aliphatic carbocycles. The number of carbonyl (C=O) groups excluding carboxylic acids is 4. The lowest BCUT2D eigenvalue weighted by molar-refractivity contribution is -0.144. The zero-order valence-corrected chi connectivity index (χ0v) is 12.1. The molecule has 20 heavy (non-hydrogen) atoms. The normalized spacial score (nSPS) is 19.3. The van der Waals surface area contributed by atoms with E-state index in [9.17, 15) is 19.2 Å². The van der Waals surface area contributed by atoms with Gasteiger partial charge in [-0.3, -0.25) is 24.6 Å². The molecule has 0 radical (unpaired) electrons. The van der Waals surface area contributed by atoms with Crippen molar-refractivity contribution in [3.05, 3.63) is 0 Å². The van der Waals surface area contributed by atoms with Crippen LogP contribution in [-0.4, -0.2) is 41.7 Å². The standard InChI is InChI=1S/C13H21N3O4/c1-4-6-14-9(17)5-7-16-12(19)10(8(2)3)11(18)15-13(16)20/h8,10H,4-7H2,1-3H3,(H,14,17)(H,15,18,20). The van der Waals surface area contributed by atoms with Gasteiger partial charge in [-0.25, -0.2) is 4.79 Å². The van der Waals surface area contributed by atoms with Crippen molar-refractivity contribution in [2.24, 2.45) is 11.8 Å². The van der Waals surface area contributed by atoms with Crippen molar-refractivity contribution in [3.8, 4) is 0 Å². The van der Waals surface area contributed by atoms with Gasteiger partial charge in [-0.2, -0.15) is 0 Å². The van der Waals surface area contributed by atoms with Crippen molar-refractivity contribution >= 4 is 23.8 Å². The van der Waals surface area contributed by atoms with Crippen molar-refractivity contribution in [1.82, 2.24) is 15.5 Å². The average molecular weight is 283 g/mol. The minimum absolute atomic E-state index is 0.0171. The van der Waals surface area contributed by atoms with Gasteiger partial charge in [-0.1, -0.05) is 20.8 Å². The van der Waals surface area contributed by atoms with Crippen molar-refractivity contribution in [1.29, 1.82) is 0 Å². The van der Waals surface area contributed by atoms with Gasteiger partial charge in [0.25, 0.3) is 0 Å². The molecule has 0 aromatic carbocycles. The van der Waals surface area contributed by atoms with Crippen molar-refractivity contribution in [2.45, 2.75) is 33.6 Å². The van der Waals surface area contributed by atoms with E-state index in [0.717, 1.165) is 11.3 Å². The molecule has 0 bridgehead atoms. The van der Waals surface area contributed by atoms with Crippen LogP contribution in [0.3, 0.4) is 0 Å². The van der Waals surface area contributed by atoms with Crippen LogP contribution in [0.15, 0.2) is 0 Å². The van der Waals surface area contributed by atoms with Crippen LogP contribution in [0.4, 0.5) is 4.79 Å². The summed E-state index contributed by atoms with van der Waals surface area (Å²) in [5.74, 6) is -2.39. The molecular formula is C13H21N3O4. The van der Waals surface area contributed by atoms with Gasteiger partial charge < -0.3 is 5.32 Å². The van der Waals surface area contributed by atoms with Gasteiger partial charge >= 0.3 is 6.03 Å². The molecule has 1 aliphatic rings. The van der Waals surface area contributed by atoms with Crippen LogP contribution in [0.1, 0.15) is 33.6 Å². The number of rotatable bonds is 6. The number of hydrogen-bond donors (Lipinski definition) is 2. The lowest BCUT2D eigenvalue weighted by atomic mass is 9.92. The molecule has 0 saturated carbocycles. The highest BCUT2D eigenvalue weighted by atomic mass is 16.2. The monoisotopic (exact) mass is 283 g/mol. The molecule has 1 saturated heterocycles. The first kappa shape index (κ1) is 16.1. The summed E-state index contributed by atoms with van der Waals surface area (Å²) in [5, 5.41) is 4.82. The number of nitrogens with zero attached hydrogens (tertiary/aromatic N) is 1. The second-order valence-electron chi connectivity index (χ2n) is 5.11. The van der Waals surface area contributed by atoms with Gasteiger partial charge in [0.15, 0.2) is 0 Å². The lowest BCUT2D eigenvalue weighted by Gasteiger charge is -2.31. The smallest absolute Gasteiger partial charge is 0.330 e. The third-order valence-corrected chi connectivity index (χ3v) is 3.09. The highest BCUT2D eigenvalue weighted by Gasteiger charge is 2.41. The third-order valence-electron chi connectivity index (χ3n) is 3.09. The lowest BCUT2D eigenvalue weighted by Crippen LogP contribution is -2.59. The second-order valence-corrected chi connectivity index (χ2v) is 5.11. The molecule has 0 aromatic heterocycles. The Morgan fingerprint density at radius 2 is 2.00 bits per heavy atom.